The molecule has 0 radical (unpaired) electrons. The van der Waals surface area contributed by atoms with Crippen LogP contribution in [0.1, 0.15) is 35.7 Å². The van der Waals surface area contributed by atoms with Gasteiger partial charge >= 0.3 is 5.63 Å². The molecule has 1 amide bonds. The van der Waals surface area contributed by atoms with Gasteiger partial charge in [0.2, 0.25) is 0 Å². The van der Waals surface area contributed by atoms with Crippen molar-refractivity contribution in [2.75, 3.05) is 6.61 Å². The number of carbonyl (C=O) groups is 1. The first-order chi connectivity index (χ1) is 14.6. The molecule has 152 valence electrons. The molecule has 0 bridgehead atoms. The molecule has 4 aromatic rings. The maximum atomic E-state index is 12.6. The molecule has 1 atom stereocenters. The lowest BCUT2D eigenvalue weighted by Crippen LogP contribution is -2.34. The monoisotopic (exact) mass is 402 g/mol. The Bertz CT molecular complexity index is 1320. The van der Waals surface area contributed by atoms with Crippen LogP contribution in [0.15, 0.2) is 57.7 Å². The number of nitrogens with one attached hydrogen (secondary N) is 2. The smallest absolute Gasteiger partial charge is 0.336 e. The summed E-state index contributed by atoms with van der Waals surface area (Å²) in [6, 6.07) is 14.9. The Morgan fingerprint density at radius 3 is 2.97 bits per heavy atom. The molecule has 2 aromatic heterocycles. The van der Waals surface area contributed by atoms with Crippen molar-refractivity contribution in [3.05, 3.63) is 75.8 Å². The van der Waals surface area contributed by atoms with Crippen LogP contribution in [0.3, 0.4) is 0 Å². The van der Waals surface area contributed by atoms with E-state index in [9.17, 15) is 9.59 Å². The number of benzene rings is 2. The van der Waals surface area contributed by atoms with Crippen LogP contribution in [-0.4, -0.2) is 17.5 Å². The maximum Gasteiger partial charge on any atom is 0.336 e. The van der Waals surface area contributed by atoms with Crippen LogP contribution in [0, 0.1) is 6.92 Å². The number of ether oxygens (including phenoxy) is 1. The molecule has 0 fully saturated rings. The average molecular weight is 402 g/mol. The number of aryl methyl sites for hydroxylation is 2. The quantitative estimate of drug-likeness (QED) is 0.502. The lowest BCUT2D eigenvalue weighted by atomic mass is 9.91. The van der Waals surface area contributed by atoms with Gasteiger partial charge in [0.1, 0.15) is 11.3 Å². The van der Waals surface area contributed by atoms with Gasteiger partial charge in [-0.15, -0.1) is 0 Å². The highest BCUT2D eigenvalue weighted by Crippen LogP contribution is 2.34. The van der Waals surface area contributed by atoms with E-state index < -0.39 is 5.63 Å². The molecule has 6 heteroatoms. The topological polar surface area (TPSA) is 84.3 Å². The van der Waals surface area contributed by atoms with Crippen molar-refractivity contribution >= 4 is 27.8 Å². The molecule has 1 aliphatic rings. The largest absolute Gasteiger partial charge is 0.484 e. The summed E-state index contributed by atoms with van der Waals surface area (Å²) in [6.45, 7) is 1.75. The van der Waals surface area contributed by atoms with Gasteiger partial charge in [-0.05, 0) is 55.5 Å². The number of rotatable bonds is 4. The Morgan fingerprint density at radius 1 is 1.20 bits per heavy atom. The number of para-hydroxylation sites is 1. The fourth-order valence-corrected chi connectivity index (χ4v) is 4.34. The Labute approximate surface area is 172 Å². The van der Waals surface area contributed by atoms with E-state index >= 15 is 0 Å². The molecule has 0 saturated carbocycles. The third-order valence-corrected chi connectivity index (χ3v) is 5.74. The summed E-state index contributed by atoms with van der Waals surface area (Å²) in [5.41, 5.74) is 4.39. The van der Waals surface area contributed by atoms with Gasteiger partial charge < -0.3 is 19.5 Å². The van der Waals surface area contributed by atoms with E-state index in [1.165, 1.54) is 17.0 Å². The molecule has 1 aliphatic carbocycles. The molecule has 0 unspecified atom stereocenters. The summed E-state index contributed by atoms with van der Waals surface area (Å²) in [6.07, 6.45) is 2.94. The van der Waals surface area contributed by atoms with Crippen LogP contribution in [0.2, 0.25) is 0 Å². The van der Waals surface area contributed by atoms with Crippen molar-refractivity contribution in [2.24, 2.45) is 0 Å². The number of fused-ring (bicyclic) bond motifs is 4. The van der Waals surface area contributed by atoms with Gasteiger partial charge in [0.15, 0.2) is 6.61 Å². The Hall–Kier alpha value is -3.54. The minimum atomic E-state index is -0.402. The van der Waals surface area contributed by atoms with Gasteiger partial charge in [-0.2, -0.15) is 0 Å². The van der Waals surface area contributed by atoms with Crippen molar-refractivity contribution in [1.29, 1.82) is 0 Å². The van der Waals surface area contributed by atoms with Gasteiger partial charge in [-0.25, -0.2) is 4.79 Å². The van der Waals surface area contributed by atoms with Crippen LogP contribution in [0.5, 0.6) is 5.75 Å². The van der Waals surface area contributed by atoms with Crippen LogP contribution >= 0.6 is 0 Å². The van der Waals surface area contributed by atoms with E-state index in [0.29, 0.717) is 11.3 Å². The molecule has 2 heterocycles. The van der Waals surface area contributed by atoms with Crippen molar-refractivity contribution in [3.63, 3.8) is 0 Å². The molecule has 6 nitrogen and oxygen atoms in total. The third-order valence-electron chi connectivity index (χ3n) is 5.74. The zero-order valence-corrected chi connectivity index (χ0v) is 16.7. The molecule has 2 N–H and O–H groups in total. The van der Waals surface area contributed by atoms with E-state index in [4.69, 9.17) is 9.15 Å². The van der Waals surface area contributed by atoms with Gasteiger partial charge in [0.25, 0.3) is 5.91 Å². The predicted octanol–water partition coefficient (Wildman–Crippen LogP) is 4.16. The SMILES string of the molecule is Cc1cc(=O)oc2cc(OCC(=O)N[C@@H]3CCCc4c3[nH]c3ccccc43)ccc12. The molecule has 30 heavy (non-hydrogen) atoms. The highest BCUT2D eigenvalue weighted by atomic mass is 16.5. The molecule has 0 saturated heterocycles. The number of carbonyl (C=O) groups excluding carboxylic acids is 1. The predicted molar refractivity (Wildman–Crippen MR) is 115 cm³/mol. The maximum absolute atomic E-state index is 12.6. The fourth-order valence-electron chi connectivity index (χ4n) is 4.34. The molecule has 0 spiro atoms. The van der Waals surface area contributed by atoms with E-state index in [0.717, 1.165) is 41.4 Å². The summed E-state index contributed by atoms with van der Waals surface area (Å²) < 4.78 is 10.9. The standard InChI is InChI=1S/C24H22N2O4/c1-14-11-23(28)30-21-12-15(9-10-16(14)21)29-13-22(27)25-20-8-4-6-18-17-5-2-3-7-19(17)26-24(18)20/h2-3,5,7,9-12,20,26H,4,6,8,13H2,1H3,(H,25,27)/t20-/m1/s1. The zero-order chi connectivity index (χ0) is 20.7. The van der Waals surface area contributed by atoms with Gasteiger partial charge in [-0.3, -0.25) is 4.79 Å². The van der Waals surface area contributed by atoms with Crippen LogP contribution in [0.25, 0.3) is 21.9 Å². The molecule has 0 aliphatic heterocycles. The Kier molecular flexibility index (Phi) is 4.54. The molecular weight excluding hydrogens is 380 g/mol. The van der Waals surface area contributed by atoms with E-state index in [1.807, 2.05) is 25.1 Å². The van der Waals surface area contributed by atoms with Crippen LogP contribution in [0.4, 0.5) is 0 Å². The second-order valence-electron chi connectivity index (χ2n) is 7.77. The summed E-state index contributed by atoms with van der Waals surface area (Å²) in [5.74, 6) is 0.304. The lowest BCUT2D eigenvalue weighted by Gasteiger charge is -2.23. The minimum absolute atomic E-state index is 0.0467. The van der Waals surface area contributed by atoms with Crippen molar-refractivity contribution in [1.82, 2.24) is 10.3 Å². The van der Waals surface area contributed by atoms with Crippen LogP contribution in [-0.2, 0) is 11.2 Å². The van der Waals surface area contributed by atoms with Crippen LogP contribution < -0.4 is 15.7 Å². The molecule has 2 aromatic carbocycles. The highest BCUT2D eigenvalue weighted by Gasteiger charge is 2.25. The summed E-state index contributed by atoms with van der Waals surface area (Å²) in [4.78, 5) is 27.6. The van der Waals surface area contributed by atoms with Crippen molar-refractivity contribution in [3.8, 4) is 5.75 Å². The highest BCUT2D eigenvalue weighted by molar-refractivity contribution is 5.86. The van der Waals surface area contributed by atoms with Crippen molar-refractivity contribution < 1.29 is 13.9 Å². The zero-order valence-electron chi connectivity index (χ0n) is 16.7. The Morgan fingerprint density at radius 2 is 2.07 bits per heavy atom. The number of hydrogen-bond donors (Lipinski definition) is 2. The first-order valence-corrected chi connectivity index (χ1v) is 10.1. The number of aromatic amines is 1. The normalized spacial score (nSPS) is 15.8. The first kappa shape index (κ1) is 18.5. The fraction of sp³-hybridized carbons (Fsp3) is 0.250. The number of aromatic nitrogens is 1. The summed E-state index contributed by atoms with van der Waals surface area (Å²) in [7, 11) is 0. The number of H-pyrrole nitrogens is 1. The average Bonchev–Trinajstić information content (AvgIpc) is 3.12. The second kappa shape index (κ2) is 7.37. The lowest BCUT2D eigenvalue weighted by molar-refractivity contribution is -0.124. The summed E-state index contributed by atoms with van der Waals surface area (Å²) in [5, 5.41) is 5.17. The number of hydrogen-bond acceptors (Lipinski definition) is 4. The summed E-state index contributed by atoms with van der Waals surface area (Å²) >= 11 is 0. The van der Waals surface area contributed by atoms with Gasteiger partial charge in [-0.1, -0.05) is 18.2 Å². The molecular formula is C24H22N2O4. The second-order valence-corrected chi connectivity index (χ2v) is 7.77. The first-order valence-electron chi connectivity index (χ1n) is 10.1. The third kappa shape index (κ3) is 3.34. The Balaban J connectivity index is 1.29. The van der Waals surface area contributed by atoms with Gasteiger partial charge in [0.05, 0.1) is 6.04 Å². The van der Waals surface area contributed by atoms with E-state index in [2.05, 4.69) is 22.4 Å². The number of amides is 1. The van der Waals surface area contributed by atoms with Gasteiger partial charge in [0, 0.05) is 34.1 Å². The van der Waals surface area contributed by atoms with E-state index in [1.54, 1.807) is 12.1 Å². The van der Waals surface area contributed by atoms with E-state index in [-0.39, 0.29) is 18.6 Å². The molecule has 5 rings (SSSR count). The van der Waals surface area contributed by atoms with Crippen molar-refractivity contribution in [2.45, 2.75) is 32.2 Å². The minimum Gasteiger partial charge on any atom is -0.484 e.